The molecule has 0 amide bonds. The molecule has 0 aliphatic carbocycles. The zero-order valence-corrected chi connectivity index (χ0v) is 16.7. The van der Waals surface area contributed by atoms with Gasteiger partial charge in [-0.2, -0.15) is 49.4 Å². The van der Waals surface area contributed by atoms with Crippen LogP contribution in [0.1, 0.15) is 29.7 Å². The van der Waals surface area contributed by atoms with E-state index in [1.807, 2.05) is 0 Å². The lowest BCUT2D eigenvalue weighted by atomic mass is 10.7. The van der Waals surface area contributed by atoms with E-state index in [4.69, 9.17) is 0 Å². The van der Waals surface area contributed by atoms with Crippen LogP contribution in [-0.4, -0.2) is 73.1 Å². The first-order valence-corrected chi connectivity index (χ1v) is 8.37. The first kappa shape index (κ1) is 65.3. The molecule has 0 aromatic carbocycles. The molecule has 24 heteroatoms. The van der Waals surface area contributed by atoms with Crippen molar-refractivity contribution in [3.05, 3.63) is 0 Å². The van der Waals surface area contributed by atoms with Gasteiger partial charge >= 0.3 is 18.5 Å². The van der Waals surface area contributed by atoms with Crippen molar-refractivity contribution in [1.82, 2.24) is 0 Å². The van der Waals surface area contributed by atoms with E-state index in [1.165, 1.54) is 0 Å². The lowest BCUT2D eigenvalue weighted by Gasteiger charge is -1.97. The summed E-state index contributed by atoms with van der Waals surface area (Å²) in [6.45, 7) is -9.38. The monoisotopic (exact) mass is 646 g/mol. The highest BCUT2D eigenvalue weighted by Gasteiger charge is 2.28. The van der Waals surface area contributed by atoms with Crippen LogP contribution >= 0.6 is 0 Å². The maximum absolute atomic E-state index is 11.0. The highest BCUT2D eigenvalue weighted by atomic mass is 32.2. The highest BCUT2D eigenvalue weighted by molar-refractivity contribution is 7.89. The Morgan fingerprint density at radius 3 is 0.868 bits per heavy atom. The average molecular weight is 646 g/mol. The van der Waals surface area contributed by atoms with Crippen LogP contribution in [0, 0.1) is 0 Å². The van der Waals surface area contributed by atoms with Gasteiger partial charge in [0.15, 0.2) is 26.0 Å². The third-order valence-corrected chi connectivity index (χ3v) is 1.30. The predicted octanol–water partition coefficient (Wildman–Crippen LogP) is 7.36. The summed E-state index contributed by atoms with van der Waals surface area (Å²) in [4.78, 5) is 4.56. The standard InChI is InChI=1S/2C2H2F4O.C2H2F4.C2H4FNO3S.2CH2F2.4CH4/c2*3-2(4,5)1-7-6;3-1-2(4,5)6;1-8(6,7)4-2(3)5;2*2-1-3;;;;/h2*1H2;1H2;1H3,(H,4,5);2*1H2;4*1H4/p-1. The Morgan fingerprint density at radius 2 is 0.868 bits per heavy atom. The fourth-order valence-electron chi connectivity index (χ4n) is 0.254. The normalized spacial score (nSPS) is 10.2. The van der Waals surface area contributed by atoms with E-state index >= 15 is 0 Å². The largest absolute Gasteiger partial charge is 0.836 e. The Bertz CT molecular complexity index is 519. The second-order valence-electron chi connectivity index (χ2n) is 3.77. The van der Waals surface area contributed by atoms with Gasteiger partial charge in [-0.05, 0) is 9.05 Å². The summed E-state index contributed by atoms with van der Waals surface area (Å²) >= 11 is 0. The predicted molar refractivity (Wildman–Crippen MR) is 103 cm³/mol. The van der Waals surface area contributed by atoms with Crippen molar-refractivity contribution in [2.24, 2.45) is 4.40 Å². The smallest absolute Gasteiger partial charge is 0.416 e. The first-order valence-electron chi connectivity index (χ1n) is 6.52. The number of hydrogen-bond donors (Lipinski definition) is 0. The van der Waals surface area contributed by atoms with Crippen LogP contribution in [0.3, 0.4) is 0 Å². The zero-order valence-electron chi connectivity index (χ0n) is 15.9. The fourth-order valence-corrected chi connectivity index (χ4v) is 0.515. The maximum Gasteiger partial charge on any atom is 0.416 e. The maximum atomic E-state index is 11.0. The molecule has 0 aromatic rings. The van der Waals surface area contributed by atoms with Crippen LogP contribution in [-0.2, 0) is 19.9 Å². The van der Waals surface area contributed by atoms with Crippen LogP contribution in [0.2, 0.25) is 0 Å². The Kier molecular flexibility index (Phi) is 64.1. The van der Waals surface area contributed by atoms with Gasteiger partial charge in [0.1, 0.15) is 0 Å². The van der Waals surface area contributed by atoms with E-state index < -0.39 is 68.4 Å². The van der Waals surface area contributed by atoms with Crippen molar-refractivity contribution in [3.63, 3.8) is 0 Å². The van der Waals surface area contributed by atoms with E-state index in [-0.39, 0.29) is 29.7 Å². The minimum Gasteiger partial charge on any atom is -0.836 e. The molecule has 246 valence electrons. The molecule has 0 aliphatic heterocycles. The first-order chi connectivity index (χ1) is 14.9. The second kappa shape index (κ2) is 37.3. The van der Waals surface area contributed by atoms with E-state index in [1.54, 1.807) is 0 Å². The van der Waals surface area contributed by atoms with Gasteiger partial charge in [0.2, 0.25) is 13.9 Å². The van der Waals surface area contributed by atoms with E-state index in [2.05, 4.69) is 14.3 Å². The molecule has 0 atom stereocenters. The molecule has 0 saturated heterocycles. The third kappa shape index (κ3) is 187. The summed E-state index contributed by atoms with van der Waals surface area (Å²) in [6.07, 6.45) is -15.3. The zero-order chi connectivity index (χ0) is 29.2. The molecule has 0 aromatic heterocycles. The van der Waals surface area contributed by atoms with Gasteiger partial charge in [-0.1, -0.05) is 29.7 Å². The molecule has 0 spiro atoms. The molecule has 0 bridgehead atoms. The van der Waals surface area contributed by atoms with E-state index in [9.17, 15) is 88.4 Å². The quantitative estimate of drug-likeness (QED) is 0.182. The molecule has 0 unspecified atom stereocenters. The van der Waals surface area contributed by atoms with Crippen molar-refractivity contribution < 1.29 is 98.3 Å². The van der Waals surface area contributed by atoms with E-state index in [0.29, 0.717) is 6.26 Å². The number of halogens is 17. The van der Waals surface area contributed by atoms with Crippen LogP contribution in [0.15, 0.2) is 4.40 Å². The lowest BCUT2D eigenvalue weighted by Crippen LogP contribution is -2.13. The molecular weight excluding hydrogens is 617 g/mol. The molecule has 0 heterocycles. The van der Waals surface area contributed by atoms with Crippen molar-refractivity contribution in [2.75, 3.05) is 40.0 Å². The summed E-state index contributed by atoms with van der Waals surface area (Å²) in [5.74, 6) is 0. The van der Waals surface area contributed by atoms with Gasteiger partial charge in [0.05, 0.1) is 6.26 Å². The van der Waals surface area contributed by atoms with Crippen molar-refractivity contribution in [2.45, 2.75) is 48.2 Å². The molecule has 0 saturated carbocycles. The Hall–Kier alpha value is -1.85. The van der Waals surface area contributed by atoms with Crippen LogP contribution < -0.4 is 5.11 Å². The van der Waals surface area contributed by atoms with Gasteiger partial charge in [0, 0.05) is 0 Å². The minimum absolute atomic E-state index is 0. The SMILES string of the molecule is C.C.C.C.CS(=O)(=O)N=C([O-])F.FCC(F)(F)F.FCF.FCF.FOCC(F)(F)F.FOCC(F)(F)F. The van der Waals surface area contributed by atoms with E-state index in [0.717, 1.165) is 0 Å². The van der Waals surface area contributed by atoms with Crippen molar-refractivity contribution in [1.29, 1.82) is 0 Å². The van der Waals surface area contributed by atoms with Gasteiger partial charge in [-0.15, -0.1) is 4.40 Å². The van der Waals surface area contributed by atoms with Gasteiger partial charge in [0.25, 0.3) is 10.0 Å². The molecule has 6 nitrogen and oxygen atoms in total. The summed E-state index contributed by atoms with van der Waals surface area (Å²) in [7, 11) is -3.82. The Labute approximate surface area is 208 Å². The molecule has 0 rings (SSSR count). The summed E-state index contributed by atoms with van der Waals surface area (Å²) in [5, 5.41) is 9.25. The highest BCUT2D eigenvalue weighted by Crippen LogP contribution is 2.14. The Morgan fingerprint density at radius 1 is 0.684 bits per heavy atom. The van der Waals surface area contributed by atoms with Crippen LogP contribution in [0.4, 0.5) is 74.9 Å². The summed E-state index contributed by atoms with van der Waals surface area (Å²) < 4.78 is 198. The Balaban J connectivity index is -0.0000000312. The van der Waals surface area contributed by atoms with Gasteiger partial charge in [-0.3, -0.25) is 0 Å². The fraction of sp³-hybridized carbons (Fsp3) is 0.929. The number of nitrogens with zero attached hydrogens (tertiary/aromatic N) is 1. The number of rotatable bonds is 3. The van der Waals surface area contributed by atoms with Gasteiger partial charge in [-0.25, -0.2) is 34.8 Å². The summed E-state index contributed by atoms with van der Waals surface area (Å²) in [6, 6.07) is 0. The third-order valence-electron chi connectivity index (χ3n) is 0.826. The molecule has 0 radical (unpaired) electrons. The van der Waals surface area contributed by atoms with Gasteiger partial charge < -0.3 is 5.11 Å². The van der Waals surface area contributed by atoms with Crippen molar-refractivity contribution in [3.8, 4) is 0 Å². The minimum atomic E-state index is -4.62. The lowest BCUT2D eigenvalue weighted by molar-refractivity contribution is -0.245. The topological polar surface area (TPSA) is 88.0 Å². The second-order valence-corrected chi connectivity index (χ2v) is 5.41. The van der Waals surface area contributed by atoms with Crippen LogP contribution in [0.5, 0.6) is 0 Å². The van der Waals surface area contributed by atoms with Crippen molar-refractivity contribution >= 4 is 16.2 Å². The molecule has 38 heavy (non-hydrogen) atoms. The van der Waals surface area contributed by atoms with Crippen LogP contribution in [0.25, 0.3) is 0 Å². The molecular formula is C14H29F17NO5S-. The molecule has 0 fully saturated rings. The average Bonchev–Trinajstić information content (AvgIpc) is 2.52. The molecule has 0 N–H and O–H groups in total. The summed E-state index contributed by atoms with van der Waals surface area (Å²) in [5.41, 5.74) is 0. The number of sulfonamides is 1. The molecule has 0 aliphatic rings. The number of alkyl halides is 14. The number of hydrogen-bond acceptors (Lipinski definition) is 5.